The fourth-order valence-corrected chi connectivity index (χ4v) is 2.99. The molecule has 2 atom stereocenters. The molecular formula is C11H18. The van der Waals surface area contributed by atoms with Gasteiger partial charge in [-0.15, -0.1) is 0 Å². The molecule has 0 aromatic carbocycles. The summed E-state index contributed by atoms with van der Waals surface area (Å²) >= 11 is 0. The first-order valence-corrected chi connectivity index (χ1v) is 4.77. The van der Waals surface area contributed by atoms with Gasteiger partial charge in [0.05, 0.1) is 0 Å². The van der Waals surface area contributed by atoms with Gasteiger partial charge >= 0.3 is 0 Å². The monoisotopic (exact) mass is 150 g/mol. The van der Waals surface area contributed by atoms with Gasteiger partial charge in [0.25, 0.3) is 0 Å². The van der Waals surface area contributed by atoms with Crippen LogP contribution in [-0.2, 0) is 0 Å². The summed E-state index contributed by atoms with van der Waals surface area (Å²) in [5.74, 6) is 1.77. The molecule has 2 rings (SSSR count). The molecule has 0 bridgehead atoms. The maximum Gasteiger partial charge on any atom is -0.0136 e. The average molecular weight is 150 g/mol. The van der Waals surface area contributed by atoms with Crippen LogP contribution in [0.5, 0.6) is 0 Å². The zero-order valence-electron chi connectivity index (χ0n) is 8.07. The molecular weight excluding hydrogens is 132 g/mol. The molecule has 0 radical (unpaired) electrons. The Morgan fingerprint density at radius 1 is 1.18 bits per heavy atom. The molecule has 11 heavy (non-hydrogen) atoms. The summed E-state index contributed by atoms with van der Waals surface area (Å²) in [5, 5.41) is 0. The van der Waals surface area contributed by atoms with E-state index in [1.54, 1.807) is 11.1 Å². The van der Waals surface area contributed by atoms with Crippen LogP contribution in [-0.4, -0.2) is 0 Å². The van der Waals surface area contributed by atoms with E-state index in [1.807, 2.05) is 0 Å². The van der Waals surface area contributed by atoms with Crippen molar-refractivity contribution in [3.05, 3.63) is 11.1 Å². The first-order valence-electron chi connectivity index (χ1n) is 4.77. The van der Waals surface area contributed by atoms with Crippen molar-refractivity contribution in [1.82, 2.24) is 0 Å². The van der Waals surface area contributed by atoms with Gasteiger partial charge in [0.2, 0.25) is 0 Å². The van der Waals surface area contributed by atoms with E-state index in [9.17, 15) is 0 Å². The highest BCUT2D eigenvalue weighted by molar-refractivity contribution is 5.39. The van der Waals surface area contributed by atoms with Gasteiger partial charge in [-0.3, -0.25) is 0 Å². The average Bonchev–Trinajstić information content (AvgIpc) is 2.21. The summed E-state index contributed by atoms with van der Waals surface area (Å²) in [4.78, 5) is 0. The molecule has 0 amide bonds. The molecule has 0 spiro atoms. The number of hydrogen-bond donors (Lipinski definition) is 0. The van der Waals surface area contributed by atoms with E-state index >= 15 is 0 Å². The number of rotatable bonds is 0. The number of allylic oxidation sites excluding steroid dienone is 2. The van der Waals surface area contributed by atoms with Crippen molar-refractivity contribution in [2.75, 3.05) is 0 Å². The van der Waals surface area contributed by atoms with Gasteiger partial charge < -0.3 is 0 Å². The fourth-order valence-electron chi connectivity index (χ4n) is 2.99. The molecule has 0 nitrogen and oxygen atoms in total. The Labute approximate surface area is 69.7 Å². The number of hydrogen-bond acceptors (Lipinski definition) is 0. The van der Waals surface area contributed by atoms with Crippen LogP contribution in [0.25, 0.3) is 0 Å². The van der Waals surface area contributed by atoms with Crippen LogP contribution in [0.15, 0.2) is 11.1 Å². The van der Waals surface area contributed by atoms with Crippen molar-refractivity contribution in [2.45, 2.75) is 40.5 Å². The van der Waals surface area contributed by atoms with Gasteiger partial charge in [0.1, 0.15) is 0 Å². The maximum absolute atomic E-state index is 2.40. The minimum absolute atomic E-state index is 0.543. The van der Waals surface area contributed by atoms with Crippen molar-refractivity contribution >= 4 is 0 Å². The van der Waals surface area contributed by atoms with E-state index in [0.29, 0.717) is 5.41 Å². The summed E-state index contributed by atoms with van der Waals surface area (Å²) in [7, 11) is 0. The van der Waals surface area contributed by atoms with Crippen molar-refractivity contribution in [3.8, 4) is 0 Å². The second kappa shape index (κ2) is 1.91. The Hall–Kier alpha value is -0.260. The molecule has 0 heteroatoms. The topological polar surface area (TPSA) is 0 Å². The lowest BCUT2D eigenvalue weighted by Crippen LogP contribution is -2.29. The van der Waals surface area contributed by atoms with Crippen molar-refractivity contribution in [1.29, 1.82) is 0 Å². The zero-order valence-corrected chi connectivity index (χ0v) is 8.07. The Balaban J connectivity index is 2.35. The van der Waals surface area contributed by atoms with Gasteiger partial charge in [0, 0.05) is 0 Å². The third-order valence-corrected chi connectivity index (χ3v) is 3.85. The molecule has 2 aliphatic rings. The van der Waals surface area contributed by atoms with E-state index in [-0.39, 0.29) is 0 Å². The van der Waals surface area contributed by atoms with Crippen LogP contribution >= 0.6 is 0 Å². The molecule has 0 saturated heterocycles. The molecule has 0 aromatic rings. The second-order valence-electron chi connectivity index (χ2n) is 4.90. The highest BCUT2D eigenvalue weighted by atomic mass is 14.5. The molecule has 0 aliphatic heterocycles. The molecule has 0 N–H and O–H groups in total. The smallest absolute Gasteiger partial charge is 0.0136 e. The predicted molar refractivity (Wildman–Crippen MR) is 48.4 cm³/mol. The lowest BCUT2D eigenvalue weighted by molar-refractivity contribution is 0.340. The molecule has 2 aliphatic carbocycles. The van der Waals surface area contributed by atoms with E-state index in [4.69, 9.17) is 0 Å². The summed E-state index contributed by atoms with van der Waals surface area (Å²) in [6, 6.07) is 0. The van der Waals surface area contributed by atoms with Crippen LogP contribution in [0, 0.1) is 17.3 Å². The summed E-state index contributed by atoms with van der Waals surface area (Å²) in [6.07, 6.45) is 2.78. The highest BCUT2D eigenvalue weighted by Crippen LogP contribution is 2.57. The van der Waals surface area contributed by atoms with Gasteiger partial charge in [-0.1, -0.05) is 38.8 Å². The Kier molecular flexibility index (Phi) is 1.28. The summed E-state index contributed by atoms with van der Waals surface area (Å²) in [6.45, 7) is 9.57. The normalized spacial score (nSPS) is 40.4. The SMILES string of the molecule is C[C@@H]1C2=C([C@@H]1C)C(C)(C)CC2. The first kappa shape index (κ1) is 7.39. The van der Waals surface area contributed by atoms with Crippen LogP contribution < -0.4 is 0 Å². The van der Waals surface area contributed by atoms with Crippen LogP contribution in [0.4, 0.5) is 0 Å². The third kappa shape index (κ3) is 0.758. The van der Waals surface area contributed by atoms with Gasteiger partial charge in [0.15, 0.2) is 0 Å². The van der Waals surface area contributed by atoms with E-state index in [2.05, 4.69) is 27.7 Å². The zero-order chi connectivity index (χ0) is 8.22. The third-order valence-electron chi connectivity index (χ3n) is 3.85. The summed E-state index contributed by atoms with van der Waals surface area (Å²) < 4.78 is 0. The Morgan fingerprint density at radius 2 is 1.82 bits per heavy atom. The molecule has 0 heterocycles. The van der Waals surface area contributed by atoms with Crippen molar-refractivity contribution < 1.29 is 0 Å². The van der Waals surface area contributed by atoms with E-state index < -0.39 is 0 Å². The molecule has 62 valence electrons. The lowest BCUT2D eigenvalue weighted by atomic mass is 9.65. The molecule has 0 unspecified atom stereocenters. The van der Waals surface area contributed by atoms with E-state index in [1.165, 1.54) is 12.8 Å². The van der Waals surface area contributed by atoms with Gasteiger partial charge in [-0.2, -0.15) is 0 Å². The largest absolute Gasteiger partial charge is 0.0667 e. The standard InChI is InChI=1S/C11H18/c1-7-8(2)10-9(7)5-6-11(10,3)4/h7-8H,5-6H2,1-4H3/t7-,8+/m0/s1. The molecule has 0 saturated carbocycles. The predicted octanol–water partition coefficient (Wildman–Crippen LogP) is 3.39. The van der Waals surface area contributed by atoms with Crippen LogP contribution in [0.1, 0.15) is 40.5 Å². The summed E-state index contributed by atoms with van der Waals surface area (Å²) in [5.41, 5.74) is 4.13. The lowest BCUT2D eigenvalue weighted by Gasteiger charge is -2.40. The first-order chi connectivity index (χ1) is 5.04. The molecule has 0 fully saturated rings. The fraction of sp³-hybridized carbons (Fsp3) is 0.818. The van der Waals surface area contributed by atoms with Crippen LogP contribution in [0.2, 0.25) is 0 Å². The van der Waals surface area contributed by atoms with Crippen LogP contribution in [0.3, 0.4) is 0 Å². The Bertz CT molecular complexity index is 220. The highest BCUT2D eigenvalue weighted by Gasteiger charge is 2.45. The minimum atomic E-state index is 0.543. The van der Waals surface area contributed by atoms with Crippen molar-refractivity contribution in [2.24, 2.45) is 17.3 Å². The second-order valence-corrected chi connectivity index (χ2v) is 4.90. The maximum atomic E-state index is 2.40. The van der Waals surface area contributed by atoms with Gasteiger partial charge in [-0.25, -0.2) is 0 Å². The minimum Gasteiger partial charge on any atom is -0.0667 e. The Morgan fingerprint density at radius 3 is 2.36 bits per heavy atom. The van der Waals surface area contributed by atoms with Crippen molar-refractivity contribution in [3.63, 3.8) is 0 Å². The van der Waals surface area contributed by atoms with E-state index in [0.717, 1.165) is 11.8 Å². The molecule has 0 aromatic heterocycles. The van der Waals surface area contributed by atoms with Gasteiger partial charge in [-0.05, 0) is 30.1 Å². The quantitative estimate of drug-likeness (QED) is 0.464.